The van der Waals surface area contributed by atoms with E-state index in [4.69, 9.17) is 16.3 Å². The molecule has 1 saturated carbocycles. The molecule has 0 amide bonds. The van der Waals surface area contributed by atoms with Crippen LogP contribution in [-0.4, -0.2) is 18.7 Å². The number of ether oxygens (including phenoxy) is 1. The number of hydrogen-bond donors (Lipinski definition) is 1. The zero-order valence-corrected chi connectivity index (χ0v) is 13.8. The van der Waals surface area contributed by atoms with E-state index in [9.17, 15) is 0 Å². The minimum atomic E-state index is 0.218. The van der Waals surface area contributed by atoms with Crippen molar-refractivity contribution in [1.82, 2.24) is 5.32 Å². The maximum atomic E-state index is 6.32. The van der Waals surface area contributed by atoms with E-state index in [0.717, 1.165) is 29.3 Å². The average Bonchev–Trinajstić information content (AvgIpc) is 2.37. The molecule has 2 rings (SSSR count). The molecular formula is C17H26ClNO. The normalized spacial score (nSPS) is 25.4. The minimum absolute atomic E-state index is 0.218. The summed E-state index contributed by atoms with van der Waals surface area (Å²) in [4.78, 5) is 0. The van der Waals surface area contributed by atoms with Crippen LogP contribution < -0.4 is 10.1 Å². The second kappa shape index (κ2) is 6.36. The van der Waals surface area contributed by atoms with E-state index in [-0.39, 0.29) is 6.10 Å². The summed E-state index contributed by atoms with van der Waals surface area (Å²) in [6.07, 6.45) is 3.72. The Morgan fingerprint density at radius 2 is 2.15 bits per heavy atom. The highest BCUT2D eigenvalue weighted by molar-refractivity contribution is 6.30. The molecule has 1 aromatic rings. The maximum absolute atomic E-state index is 6.32. The number of nitrogens with one attached hydrogen (secondary N) is 1. The summed E-state index contributed by atoms with van der Waals surface area (Å²) in [6, 6.07) is 6.30. The van der Waals surface area contributed by atoms with Gasteiger partial charge in [0.2, 0.25) is 0 Å². The lowest BCUT2D eigenvalue weighted by Crippen LogP contribution is -2.49. The van der Waals surface area contributed by atoms with Crippen molar-refractivity contribution in [2.45, 2.75) is 59.1 Å². The number of hydrogen-bond acceptors (Lipinski definition) is 2. The van der Waals surface area contributed by atoms with Crippen LogP contribution in [0.25, 0.3) is 0 Å². The fourth-order valence-electron chi connectivity index (χ4n) is 3.00. The molecule has 20 heavy (non-hydrogen) atoms. The quantitative estimate of drug-likeness (QED) is 0.877. The molecule has 1 aliphatic carbocycles. The topological polar surface area (TPSA) is 21.3 Å². The van der Waals surface area contributed by atoms with Crippen molar-refractivity contribution in [3.05, 3.63) is 28.8 Å². The van der Waals surface area contributed by atoms with Crippen molar-refractivity contribution in [2.75, 3.05) is 6.54 Å². The van der Waals surface area contributed by atoms with Crippen molar-refractivity contribution in [3.8, 4) is 5.75 Å². The van der Waals surface area contributed by atoms with E-state index in [0.29, 0.717) is 11.5 Å². The van der Waals surface area contributed by atoms with Crippen molar-refractivity contribution >= 4 is 11.6 Å². The summed E-state index contributed by atoms with van der Waals surface area (Å²) < 4.78 is 6.32. The van der Waals surface area contributed by atoms with Gasteiger partial charge in [-0.3, -0.25) is 0 Å². The lowest BCUT2D eigenvalue weighted by atomic mass is 9.74. The SMILES string of the molecule is CCNC1CCC(C)(C)CC1Oc1cc(Cl)ccc1C. The molecule has 0 bridgehead atoms. The molecule has 2 unspecified atom stereocenters. The van der Waals surface area contributed by atoms with E-state index < -0.39 is 0 Å². The Morgan fingerprint density at radius 3 is 2.85 bits per heavy atom. The zero-order chi connectivity index (χ0) is 14.8. The van der Waals surface area contributed by atoms with Gasteiger partial charge < -0.3 is 10.1 Å². The van der Waals surface area contributed by atoms with Crippen LogP contribution in [0.3, 0.4) is 0 Å². The highest BCUT2D eigenvalue weighted by atomic mass is 35.5. The van der Waals surface area contributed by atoms with Crippen LogP contribution >= 0.6 is 11.6 Å². The predicted molar refractivity (Wildman–Crippen MR) is 85.7 cm³/mol. The molecule has 1 N–H and O–H groups in total. The van der Waals surface area contributed by atoms with Gasteiger partial charge in [-0.05, 0) is 55.8 Å². The van der Waals surface area contributed by atoms with E-state index in [2.05, 4.69) is 33.0 Å². The molecule has 112 valence electrons. The predicted octanol–water partition coefficient (Wildman–Crippen LogP) is 4.58. The second-order valence-electron chi connectivity index (χ2n) is 6.64. The first-order chi connectivity index (χ1) is 9.41. The third-order valence-corrected chi connectivity index (χ3v) is 4.46. The monoisotopic (exact) mass is 295 g/mol. The van der Waals surface area contributed by atoms with Gasteiger partial charge in [0.1, 0.15) is 11.9 Å². The van der Waals surface area contributed by atoms with Gasteiger partial charge in [0.25, 0.3) is 0 Å². The van der Waals surface area contributed by atoms with E-state index >= 15 is 0 Å². The Labute approximate surface area is 127 Å². The third-order valence-electron chi connectivity index (χ3n) is 4.23. The molecule has 1 fully saturated rings. The zero-order valence-electron chi connectivity index (χ0n) is 13.0. The molecule has 0 spiro atoms. The smallest absolute Gasteiger partial charge is 0.124 e. The molecule has 1 aliphatic rings. The van der Waals surface area contributed by atoms with Crippen molar-refractivity contribution in [1.29, 1.82) is 0 Å². The van der Waals surface area contributed by atoms with Crippen molar-refractivity contribution in [2.24, 2.45) is 5.41 Å². The van der Waals surface area contributed by atoms with Crippen LogP contribution in [-0.2, 0) is 0 Å². The van der Waals surface area contributed by atoms with Crippen molar-refractivity contribution < 1.29 is 4.74 Å². The Morgan fingerprint density at radius 1 is 1.40 bits per heavy atom. The molecular weight excluding hydrogens is 270 g/mol. The van der Waals surface area contributed by atoms with Crippen LogP contribution in [0.15, 0.2) is 18.2 Å². The number of aryl methyl sites for hydroxylation is 1. The standard InChI is InChI=1S/C17H26ClNO/c1-5-19-14-8-9-17(3,4)11-16(14)20-15-10-13(18)7-6-12(15)2/h6-7,10,14,16,19H,5,8-9,11H2,1-4H3. The van der Waals surface area contributed by atoms with Gasteiger partial charge in [-0.15, -0.1) is 0 Å². The lowest BCUT2D eigenvalue weighted by Gasteiger charge is -2.41. The molecule has 2 atom stereocenters. The Kier molecular flexibility index (Phi) is 4.98. The largest absolute Gasteiger partial charge is 0.488 e. The summed E-state index contributed by atoms with van der Waals surface area (Å²) in [7, 11) is 0. The Bertz CT molecular complexity index is 458. The number of halogens is 1. The van der Waals surface area contributed by atoms with E-state index in [1.54, 1.807) is 0 Å². The van der Waals surface area contributed by atoms with Crippen LogP contribution in [0.4, 0.5) is 0 Å². The molecule has 0 aromatic heterocycles. The van der Waals surface area contributed by atoms with Crippen LogP contribution in [0.2, 0.25) is 5.02 Å². The van der Waals surface area contributed by atoms with Gasteiger partial charge >= 0.3 is 0 Å². The summed E-state index contributed by atoms with van der Waals surface area (Å²) in [5.41, 5.74) is 1.50. The second-order valence-corrected chi connectivity index (χ2v) is 7.07. The first-order valence-corrected chi connectivity index (χ1v) is 7.95. The summed E-state index contributed by atoms with van der Waals surface area (Å²) in [5, 5.41) is 4.31. The van der Waals surface area contributed by atoms with Gasteiger partial charge in [0.05, 0.1) is 0 Å². The van der Waals surface area contributed by atoms with Crippen LogP contribution in [0.5, 0.6) is 5.75 Å². The van der Waals surface area contributed by atoms with E-state index in [1.165, 1.54) is 12.8 Å². The van der Waals surface area contributed by atoms with Crippen LogP contribution in [0.1, 0.15) is 45.6 Å². The van der Waals surface area contributed by atoms with Gasteiger partial charge in [0, 0.05) is 11.1 Å². The number of rotatable bonds is 4. The van der Waals surface area contributed by atoms with Gasteiger partial charge in [-0.1, -0.05) is 38.4 Å². The molecule has 0 heterocycles. The molecule has 0 saturated heterocycles. The average molecular weight is 296 g/mol. The summed E-state index contributed by atoms with van der Waals surface area (Å²) in [6.45, 7) is 9.87. The van der Waals surface area contributed by atoms with Gasteiger partial charge in [0.15, 0.2) is 0 Å². The van der Waals surface area contributed by atoms with Gasteiger partial charge in [-0.2, -0.15) is 0 Å². The van der Waals surface area contributed by atoms with Crippen LogP contribution in [0, 0.1) is 12.3 Å². The number of benzene rings is 1. The van der Waals surface area contributed by atoms with E-state index in [1.807, 2.05) is 18.2 Å². The fraction of sp³-hybridized carbons (Fsp3) is 0.647. The highest BCUT2D eigenvalue weighted by Gasteiger charge is 2.36. The number of likely N-dealkylation sites (N-methyl/N-ethyl adjacent to an activating group) is 1. The molecule has 1 aromatic carbocycles. The molecule has 3 heteroatoms. The van der Waals surface area contributed by atoms with Crippen molar-refractivity contribution in [3.63, 3.8) is 0 Å². The summed E-state index contributed by atoms with van der Waals surface area (Å²) in [5.74, 6) is 0.920. The molecule has 0 radical (unpaired) electrons. The Hall–Kier alpha value is -0.730. The van der Waals surface area contributed by atoms with Gasteiger partial charge in [-0.25, -0.2) is 0 Å². The highest BCUT2D eigenvalue weighted by Crippen LogP contribution is 2.38. The Balaban J connectivity index is 2.16. The molecule has 0 aliphatic heterocycles. The first-order valence-electron chi connectivity index (χ1n) is 7.57. The lowest BCUT2D eigenvalue weighted by molar-refractivity contribution is 0.0532. The maximum Gasteiger partial charge on any atom is 0.124 e. The summed E-state index contributed by atoms with van der Waals surface area (Å²) >= 11 is 6.09. The minimum Gasteiger partial charge on any atom is -0.488 e. The third kappa shape index (κ3) is 3.89. The molecule has 2 nitrogen and oxygen atoms in total. The first kappa shape index (κ1) is 15.7. The fourth-order valence-corrected chi connectivity index (χ4v) is 3.17.